The van der Waals surface area contributed by atoms with Crippen molar-refractivity contribution in [1.82, 2.24) is 14.9 Å². The second-order valence-electron chi connectivity index (χ2n) is 4.77. The van der Waals surface area contributed by atoms with Crippen LogP contribution in [0.4, 0.5) is 5.69 Å². The first-order valence-electron chi connectivity index (χ1n) is 6.92. The number of amides is 1. The summed E-state index contributed by atoms with van der Waals surface area (Å²) < 4.78 is 12.5. The van der Waals surface area contributed by atoms with Gasteiger partial charge < -0.3 is 15.6 Å². The first kappa shape index (κ1) is 15.5. The van der Waals surface area contributed by atoms with E-state index in [2.05, 4.69) is 9.97 Å². The lowest BCUT2D eigenvalue weighted by Crippen LogP contribution is -2.39. The first-order valence-corrected chi connectivity index (χ1v) is 8.13. The molecule has 7 heteroatoms. The Morgan fingerprint density at radius 3 is 2.71 bits per heavy atom. The maximum absolute atomic E-state index is 12.5. The molecule has 2 unspecified atom stereocenters. The van der Waals surface area contributed by atoms with Gasteiger partial charge in [-0.2, -0.15) is 0 Å². The quantitative estimate of drug-likeness (QED) is 0.819. The zero-order chi connectivity index (χ0) is 15.6. The number of aromatic amines is 1. The topological polar surface area (TPSA) is 92.1 Å². The van der Waals surface area contributed by atoms with Crippen molar-refractivity contribution in [3.8, 4) is 0 Å². The van der Waals surface area contributed by atoms with Gasteiger partial charge in [0.25, 0.3) is 0 Å². The molecule has 0 saturated heterocycles. The molecule has 0 aliphatic heterocycles. The van der Waals surface area contributed by atoms with Crippen molar-refractivity contribution >= 4 is 33.4 Å². The molecular formula is C14H20N4O2S. The van der Waals surface area contributed by atoms with Gasteiger partial charge >= 0.3 is 0 Å². The fraction of sp³-hybridized carbons (Fsp3) is 0.429. The van der Waals surface area contributed by atoms with Crippen molar-refractivity contribution in [2.24, 2.45) is 0 Å². The largest absolute Gasteiger partial charge is 0.399 e. The lowest BCUT2D eigenvalue weighted by atomic mass is 10.3. The summed E-state index contributed by atoms with van der Waals surface area (Å²) in [4.78, 5) is 21.2. The molecule has 2 aromatic rings. The van der Waals surface area contributed by atoms with Crippen LogP contribution in [0.3, 0.4) is 0 Å². The van der Waals surface area contributed by atoms with Gasteiger partial charge in [0.05, 0.1) is 11.0 Å². The van der Waals surface area contributed by atoms with Gasteiger partial charge in [0.1, 0.15) is 16.0 Å². The van der Waals surface area contributed by atoms with Crippen LogP contribution < -0.4 is 5.73 Å². The number of carbonyl (C=O) groups excluding carboxylic acids is 1. The average molecular weight is 308 g/mol. The maximum Gasteiger partial charge on any atom is 0.238 e. The predicted molar refractivity (Wildman–Crippen MR) is 84.3 cm³/mol. The molecule has 114 valence electrons. The minimum atomic E-state index is -1.52. The lowest BCUT2D eigenvalue weighted by Gasteiger charge is -2.21. The first-order chi connectivity index (χ1) is 9.97. The molecule has 1 heterocycles. The smallest absolute Gasteiger partial charge is 0.238 e. The van der Waals surface area contributed by atoms with Crippen molar-refractivity contribution in [1.29, 1.82) is 0 Å². The molecule has 0 aliphatic rings. The van der Waals surface area contributed by atoms with Crippen molar-refractivity contribution < 1.29 is 9.00 Å². The summed E-state index contributed by atoms with van der Waals surface area (Å²) in [6, 6.07) is 5.24. The fourth-order valence-corrected chi connectivity index (χ4v) is 3.22. The summed E-state index contributed by atoms with van der Waals surface area (Å²) in [5.74, 6) is -0.127. The van der Waals surface area contributed by atoms with E-state index in [0.717, 1.165) is 5.52 Å². The average Bonchev–Trinajstić information content (AvgIpc) is 2.89. The second-order valence-corrected chi connectivity index (χ2v) is 6.46. The third kappa shape index (κ3) is 3.07. The van der Waals surface area contributed by atoms with Gasteiger partial charge in [-0.3, -0.25) is 9.00 Å². The van der Waals surface area contributed by atoms with Crippen LogP contribution in [0.1, 0.15) is 20.8 Å². The number of rotatable bonds is 5. The molecule has 6 nitrogen and oxygen atoms in total. The number of imidazole rings is 1. The Morgan fingerprint density at radius 2 is 2.10 bits per heavy atom. The van der Waals surface area contributed by atoms with Gasteiger partial charge in [0.15, 0.2) is 5.16 Å². The number of benzene rings is 1. The van der Waals surface area contributed by atoms with Crippen LogP contribution >= 0.6 is 0 Å². The van der Waals surface area contributed by atoms with Crippen LogP contribution in [-0.2, 0) is 15.6 Å². The fourth-order valence-electron chi connectivity index (χ4n) is 2.15. The van der Waals surface area contributed by atoms with E-state index in [0.29, 0.717) is 29.5 Å². The number of nitrogens with zero attached hydrogens (tertiary/aromatic N) is 2. The summed E-state index contributed by atoms with van der Waals surface area (Å²) >= 11 is 0. The number of fused-ring (bicyclic) bond motifs is 1. The summed E-state index contributed by atoms with van der Waals surface area (Å²) in [7, 11) is -1.52. The van der Waals surface area contributed by atoms with E-state index in [-0.39, 0.29) is 5.91 Å². The molecule has 0 radical (unpaired) electrons. The summed E-state index contributed by atoms with van der Waals surface area (Å²) in [5, 5.41) is -0.327. The molecule has 1 aromatic carbocycles. The minimum Gasteiger partial charge on any atom is -0.399 e. The number of nitrogens with one attached hydrogen (secondary N) is 1. The van der Waals surface area contributed by atoms with Crippen LogP contribution in [0.5, 0.6) is 0 Å². The van der Waals surface area contributed by atoms with E-state index < -0.39 is 16.0 Å². The van der Waals surface area contributed by atoms with E-state index in [4.69, 9.17) is 5.73 Å². The third-order valence-electron chi connectivity index (χ3n) is 3.42. The molecule has 2 atom stereocenters. The van der Waals surface area contributed by atoms with Gasteiger partial charge in [0, 0.05) is 18.8 Å². The number of anilines is 1. The number of carbonyl (C=O) groups is 1. The van der Waals surface area contributed by atoms with Crippen molar-refractivity contribution in [3.05, 3.63) is 18.2 Å². The Hall–Kier alpha value is -1.89. The zero-order valence-corrected chi connectivity index (χ0v) is 13.2. The molecule has 1 aromatic heterocycles. The summed E-state index contributed by atoms with van der Waals surface area (Å²) in [6.45, 7) is 6.68. The van der Waals surface area contributed by atoms with Gasteiger partial charge in [-0.1, -0.05) is 0 Å². The Balaban J connectivity index is 2.27. The van der Waals surface area contributed by atoms with Crippen molar-refractivity contribution in [2.45, 2.75) is 31.2 Å². The molecule has 3 N–H and O–H groups in total. The van der Waals surface area contributed by atoms with E-state index in [1.807, 2.05) is 13.8 Å². The van der Waals surface area contributed by atoms with Crippen LogP contribution in [0.15, 0.2) is 23.4 Å². The Labute approximate surface area is 126 Å². The molecule has 21 heavy (non-hydrogen) atoms. The summed E-state index contributed by atoms with van der Waals surface area (Å²) in [5.41, 5.74) is 7.73. The van der Waals surface area contributed by atoms with E-state index in [1.165, 1.54) is 0 Å². The van der Waals surface area contributed by atoms with Gasteiger partial charge in [-0.05, 0) is 39.0 Å². The molecule has 0 fully saturated rings. The van der Waals surface area contributed by atoms with E-state index in [9.17, 15) is 9.00 Å². The minimum absolute atomic E-state index is 0.127. The molecular weight excluding hydrogens is 288 g/mol. The monoisotopic (exact) mass is 308 g/mol. The lowest BCUT2D eigenvalue weighted by molar-refractivity contribution is -0.130. The number of nitrogen functional groups attached to an aromatic ring is 1. The Bertz CT molecular complexity index is 679. The number of nitrogens with two attached hydrogens (primary N) is 1. The highest BCUT2D eigenvalue weighted by Gasteiger charge is 2.26. The van der Waals surface area contributed by atoms with Gasteiger partial charge in [-0.25, -0.2) is 4.98 Å². The highest BCUT2D eigenvalue weighted by molar-refractivity contribution is 7.86. The number of hydrogen-bond donors (Lipinski definition) is 2. The SMILES string of the molecule is CCN(CC)C(=O)C(C)S(=O)c1nc2ccc(N)cc2[nH]1. The third-order valence-corrected chi connectivity index (χ3v) is 4.84. The predicted octanol–water partition coefficient (Wildman–Crippen LogP) is 1.51. The second kappa shape index (κ2) is 6.26. The van der Waals surface area contributed by atoms with Gasteiger partial charge in [-0.15, -0.1) is 0 Å². The highest BCUT2D eigenvalue weighted by Crippen LogP contribution is 2.18. The van der Waals surface area contributed by atoms with E-state index in [1.54, 1.807) is 30.0 Å². The zero-order valence-electron chi connectivity index (χ0n) is 12.4. The molecule has 2 rings (SSSR count). The highest BCUT2D eigenvalue weighted by atomic mass is 32.2. The van der Waals surface area contributed by atoms with Crippen LogP contribution in [0.25, 0.3) is 11.0 Å². The maximum atomic E-state index is 12.5. The van der Waals surface area contributed by atoms with Crippen molar-refractivity contribution in [3.63, 3.8) is 0 Å². The Morgan fingerprint density at radius 1 is 1.43 bits per heavy atom. The Kier molecular flexibility index (Phi) is 4.62. The van der Waals surface area contributed by atoms with Crippen LogP contribution in [0, 0.1) is 0 Å². The standard InChI is InChI=1S/C14H20N4O2S/c1-4-18(5-2)13(19)9(3)21(20)14-16-11-7-6-10(15)8-12(11)17-14/h6-9H,4-5,15H2,1-3H3,(H,16,17). The normalized spacial score (nSPS) is 14.0. The van der Waals surface area contributed by atoms with Crippen LogP contribution in [0.2, 0.25) is 0 Å². The number of H-pyrrole nitrogens is 1. The van der Waals surface area contributed by atoms with Crippen molar-refractivity contribution in [2.75, 3.05) is 18.8 Å². The molecule has 0 bridgehead atoms. The molecule has 1 amide bonds. The summed E-state index contributed by atoms with van der Waals surface area (Å²) in [6.07, 6.45) is 0. The molecule has 0 saturated carbocycles. The molecule has 0 spiro atoms. The number of aromatic nitrogens is 2. The van der Waals surface area contributed by atoms with Gasteiger partial charge in [0.2, 0.25) is 5.91 Å². The van der Waals surface area contributed by atoms with Crippen LogP contribution in [-0.4, -0.2) is 43.3 Å². The number of hydrogen-bond acceptors (Lipinski definition) is 4. The van der Waals surface area contributed by atoms with E-state index >= 15 is 0 Å². The molecule has 0 aliphatic carbocycles.